The van der Waals surface area contributed by atoms with E-state index in [-0.39, 0.29) is 17.6 Å². The zero-order valence-corrected chi connectivity index (χ0v) is 15.6. The predicted molar refractivity (Wildman–Crippen MR) is 98.2 cm³/mol. The van der Waals surface area contributed by atoms with Crippen molar-refractivity contribution in [3.63, 3.8) is 0 Å². The average molecular weight is 382 g/mol. The third-order valence-electron chi connectivity index (χ3n) is 4.86. The van der Waals surface area contributed by atoms with E-state index in [2.05, 4.69) is 9.62 Å². The third kappa shape index (κ3) is 4.63. The number of nitrogens with zero attached hydrogens (tertiary/aromatic N) is 1. The Morgan fingerprint density at radius 1 is 1.23 bits per heavy atom. The van der Waals surface area contributed by atoms with Gasteiger partial charge in [-0.1, -0.05) is 0 Å². The molecule has 6 nitrogen and oxygen atoms in total. The summed E-state index contributed by atoms with van der Waals surface area (Å²) in [6.45, 7) is 5.26. The van der Waals surface area contributed by atoms with Crippen LogP contribution in [0.4, 0.5) is 10.1 Å². The fourth-order valence-corrected chi connectivity index (χ4v) is 3.93. The molecule has 0 unspecified atom stereocenters. The number of sulfonamides is 1. The zero-order valence-electron chi connectivity index (χ0n) is 14.8. The van der Waals surface area contributed by atoms with Crippen LogP contribution in [-0.4, -0.2) is 46.9 Å². The van der Waals surface area contributed by atoms with Gasteiger partial charge in [-0.3, -0.25) is 0 Å². The monoisotopic (exact) mass is 382 g/mol. The maximum atomic E-state index is 13.1. The molecule has 1 saturated heterocycles. The second-order valence-corrected chi connectivity index (χ2v) is 8.54. The topological polar surface area (TPSA) is 67.0 Å². The largest absolute Gasteiger partial charge is 0.463 e. The van der Waals surface area contributed by atoms with Crippen LogP contribution in [-0.2, 0) is 10.0 Å². The Labute approximate surface area is 153 Å². The molecule has 2 aromatic rings. The minimum Gasteiger partial charge on any atom is -0.463 e. The van der Waals surface area contributed by atoms with Gasteiger partial charge in [0, 0.05) is 5.69 Å². The van der Waals surface area contributed by atoms with Crippen molar-refractivity contribution < 1.29 is 22.1 Å². The molecule has 26 heavy (non-hydrogen) atoms. The van der Waals surface area contributed by atoms with Crippen molar-refractivity contribution in [1.82, 2.24) is 4.72 Å². The standard InChI is InChI=1S/C18H24FN3O3S/c1-2-26(23,24)20-14-17(18-4-3-13-25-18)22-11-9-21(10-12-22)16-7-5-15(19)6-8-16/h3-8,13,17,20H,2,9-12,14H2,1H3/p+1/t17-/m0/s1. The van der Waals surface area contributed by atoms with Crippen molar-refractivity contribution in [2.75, 3.05) is 43.4 Å². The first-order valence-electron chi connectivity index (χ1n) is 8.84. The van der Waals surface area contributed by atoms with Gasteiger partial charge in [0.2, 0.25) is 10.0 Å². The van der Waals surface area contributed by atoms with E-state index >= 15 is 0 Å². The molecule has 0 radical (unpaired) electrons. The molecule has 1 aliphatic rings. The highest BCUT2D eigenvalue weighted by Crippen LogP contribution is 2.16. The zero-order chi connectivity index (χ0) is 18.6. The Kier molecular flexibility index (Phi) is 5.95. The van der Waals surface area contributed by atoms with Gasteiger partial charge in [-0.05, 0) is 43.3 Å². The Balaban J connectivity index is 1.66. The minimum absolute atomic E-state index is 0.0611. The SMILES string of the molecule is CCS(=O)(=O)NC[C@@H](c1ccco1)[NH+]1CCN(c2ccc(F)cc2)CC1. The van der Waals surface area contributed by atoms with Crippen molar-refractivity contribution in [3.8, 4) is 0 Å². The van der Waals surface area contributed by atoms with Crippen molar-refractivity contribution >= 4 is 15.7 Å². The maximum absolute atomic E-state index is 13.1. The molecule has 1 fully saturated rings. The molecule has 1 aliphatic heterocycles. The molecule has 0 bridgehead atoms. The second-order valence-electron chi connectivity index (χ2n) is 6.44. The first-order chi connectivity index (χ1) is 12.5. The predicted octanol–water partition coefficient (Wildman–Crippen LogP) is 0.804. The summed E-state index contributed by atoms with van der Waals surface area (Å²) in [4.78, 5) is 3.50. The van der Waals surface area contributed by atoms with Crippen LogP contribution in [0.25, 0.3) is 0 Å². The van der Waals surface area contributed by atoms with Gasteiger partial charge in [-0.25, -0.2) is 17.5 Å². The van der Waals surface area contributed by atoms with E-state index in [0.717, 1.165) is 37.6 Å². The van der Waals surface area contributed by atoms with Crippen LogP contribution >= 0.6 is 0 Å². The van der Waals surface area contributed by atoms with Gasteiger partial charge in [-0.2, -0.15) is 0 Å². The van der Waals surface area contributed by atoms with Gasteiger partial charge in [0.15, 0.2) is 11.8 Å². The van der Waals surface area contributed by atoms with Gasteiger partial charge < -0.3 is 14.2 Å². The molecule has 3 rings (SSSR count). The number of hydrogen-bond acceptors (Lipinski definition) is 4. The van der Waals surface area contributed by atoms with Crippen molar-refractivity contribution in [3.05, 3.63) is 54.2 Å². The van der Waals surface area contributed by atoms with E-state index < -0.39 is 10.0 Å². The van der Waals surface area contributed by atoms with Gasteiger partial charge >= 0.3 is 0 Å². The molecule has 2 heterocycles. The molecule has 1 aromatic carbocycles. The lowest BCUT2D eigenvalue weighted by molar-refractivity contribution is -0.931. The summed E-state index contributed by atoms with van der Waals surface area (Å²) >= 11 is 0. The first-order valence-corrected chi connectivity index (χ1v) is 10.5. The smallest absolute Gasteiger partial charge is 0.211 e. The lowest BCUT2D eigenvalue weighted by atomic mass is 10.1. The fourth-order valence-electron chi connectivity index (χ4n) is 3.30. The number of nitrogens with one attached hydrogen (secondary N) is 2. The normalized spacial score (nSPS) is 17.4. The quantitative estimate of drug-likeness (QED) is 0.744. The summed E-state index contributed by atoms with van der Waals surface area (Å²) < 4.78 is 45.0. The van der Waals surface area contributed by atoms with Crippen LogP contribution in [0.3, 0.4) is 0 Å². The highest BCUT2D eigenvalue weighted by molar-refractivity contribution is 7.89. The lowest BCUT2D eigenvalue weighted by Gasteiger charge is -2.37. The summed E-state index contributed by atoms with van der Waals surface area (Å²) in [7, 11) is -3.25. The van der Waals surface area contributed by atoms with E-state index in [1.807, 2.05) is 12.1 Å². The summed E-state index contributed by atoms with van der Waals surface area (Å²) in [5.74, 6) is 0.610. The second kappa shape index (κ2) is 8.20. The molecule has 2 N–H and O–H groups in total. The Morgan fingerprint density at radius 2 is 1.92 bits per heavy atom. The van der Waals surface area contributed by atoms with Crippen LogP contribution in [0.5, 0.6) is 0 Å². The van der Waals surface area contributed by atoms with Crippen LogP contribution in [0.15, 0.2) is 47.1 Å². The number of piperazine rings is 1. The molecule has 0 amide bonds. The maximum Gasteiger partial charge on any atom is 0.211 e. The minimum atomic E-state index is -3.25. The molecular formula is C18H25FN3O3S+. The summed E-state index contributed by atoms with van der Waals surface area (Å²) in [6.07, 6.45) is 1.62. The van der Waals surface area contributed by atoms with Crippen molar-refractivity contribution in [2.45, 2.75) is 13.0 Å². The number of anilines is 1. The molecule has 142 valence electrons. The highest BCUT2D eigenvalue weighted by atomic mass is 32.2. The highest BCUT2D eigenvalue weighted by Gasteiger charge is 2.31. The number of rotatable bonds is 7. The Morgan fingerprint density at radius 3 is 2.50 bits per heavy atom. The molecule has 0 spiro atoms. The van der Waals surface area contributed by atoms with E-state index in [1.165, 1.54) is 17.0 Å². The van der Waals surface area contributed by atoms with Gasteiger partial charge in [0.1, 0.15) is 5.82 Å². The first kappa shape index (κ1) is 18.9. The van der Waals surface area contributed by atoms with Gasteiger partial charge in [0.25, 0.3) is 0 Å². The molecule has 1 aromatic heterocycles. The number of furan rings is 1. The van der Waals surface area contributed by atoms with Gasteiger partial charge in [0.05, 0.1) is 44.7 Å². The summed E-state index contributed by atoms with van der Waals surface area (Å²) in [6, 6.07) is 10.2. The van der Waals surface area contributed by atoms with Crippen molar-refractivity contribution in [2.24, 2.45) is 0 Å². The number of benzene rings is 1. The lowest BCUT2D eigenvalue weighted by Crippen LogP contribution is -3.15. The van der Waals surface area contributed by atoms with E-state index in [1.54, 1.807) is 25.3 Å². The molecule has 0 saturated carbocycles. The van der Waals surface area contributed by atoms with Crippen LogP contribution in [0, 0.1) is 5.82 Å². The molecule has 0 aliphatic carbocycles. The number of quaternary nitrogens is 1. The third-order valence-corrected chi connectivity index (χ3v) is 6.23. The van der Waals surface area contributed by atoms with Crippen molar-refractivity contribution in [1.29, 1.82) is 0 Å². The number of hydrogen-bond donors (Lipinski definition) is 2. The molecule has 8 heteroatoms. The number of halogens is 1. The van der Waals surface area contributed by atoms with Gasteiger partial charge in [-0.15, -0.1) is 0 Å². The average Bonchev–Trinajstić information content (AvgIpc) is 3.17. The Bertz CT molecular complexity index is 786. The van der Waals surface area contributed by atoms with E-state index in [4.69, 9.17) is 4.42 Å². The fraction of sp³-hybridized carbons (Fsp3) is 0.444. The van der Waals surface area contributed by atoms with Crippen LogP contribution < -0.4 is 14.5 Å². The molecular weight excluding hydrogens is 357 g/mol. The van der Waals surface area contributed by atoms with E-state index in [0.29, 0.717) is 6.54 Å². The van der Waals surface area contributed by atoms with Crippen LogP contribution in [0.1, 0.15) is 18.7 Å². The summed E-state index contributed by atoms with van der Waals surface area (Å²) in [5.41, 5.74) is 1.01. The van der Waals surface area contributed by atoms with E-state index in [9.17, 15) is 12.8 Å². The molecule has 1 atom stereocenters. The van der Waals surface area contributed by atoms with Crippen LogP contribution in [0.2, 0.25) is 0 Å². The summed E-state index contributed by atoms with van der Waals surface area (Å²) in [5, 5.41) is 0. The Hall–Kier alpha value is -1.90.